The molecule has 0 radical (unpaired) electrons. The number of esters is 1. The number of carbonyl (C=O) groups is 2. The van der Waals surface area contributed by atoms with E-state index in [2.05, 4.69) is 0 Å². The molecule has 0 saturated carbocycles. The highest BCUT2D eigenvalue weighted by molar-refractivity contribution is 5.98. The Hall–Kier alpha value is -2.64. The van der Waals surface area contributed by atoms with E-state index in [1.54, 1.807) is 12.1 Å². The Labute approximate surface area is 164 Å². The van der Waals surface area contributed by atoms with Gasteiger partial charge in [-0.1, -0.05) is 18.2 Å². The van der Waals surface area contributed by atoms with Crippen LogP contribution in [0.5, 0.6) is 11.5 Å². The minimum atomic E-state index is -0.554. The molecule has 7 nitrogen and oxygen atoms in total. The van der Waals surface area contributed by atoms with E-state index in [9.17, 15) is 9.59 Å². The normalized spacial score (nSPS) is 17.8. The number of fused-ring (bicyclic) bond motifs is 1. The molecule has 0 spiro atoms. The third kappa shape index (κ3) is 6.83. The molecule has 0 atom stereocenters. The van der Waals surface area contributed by atoms with Gasteiger partial charge < -0.3 is 23.7 Å². The van der Waals surface area contributed by atoms with Crippen LogP contribution in [0.3, 0.4) is 0 Å². The first-order chi connectivity index (χ1) is 13.7. The molecule has 0 N–H and O–H groups in total. The fourth-order valence-corrected chi connectivity index (χ4v) is 2.64. The molecule has 0 aliphatic carbocycles. The van der Waals surface area contributed by atoms with Gasteiger partial charge in [0.05, 0.1) is 6.61 Å². The van der Waals surface area contributed by atoms with Crippen molar-refractivity contribution in [3.63, 3.8) is 0 Å². The Morgan fingerprint density at radius 2 is 1.64 bits per heavy atom. The fraction of sp³-hybridized carbons (Fsp3) is 0.429. The van der Waals surface area contributed by atoms with Gasteiger partial charge in [-0.25, -0.2) is 4.79 Å². The SMILES string of the molecule is COCOc1cc2c(c(OCOC)c1)C(=O)OCC/C=C/CC/C=C/C(=O)C2. The van der Waals surface area contributed by atoms with Gasteiger partial charge in [-0.05, 0) is 37.0 Å². The van der Waals surface area contributed by atoms with E-state index in [1.165, 1.54) is 20.3 Å². The molecule has 1 aliphatic rings. The second-order valence-electron chi connectivity index (χ2n) is 6.08. The average molecular weight is 390 g/mol. The van der Waals surface area contributed by atoms with Crippen LogP contribution in [0.2, 0.25) is 0 Å². The van der Waals surface area contributed by atoms with Gasteiger partial charge in [0, 0.05) is 26.7 Å². The molecule has 7 heteroatoms. The summed E-state index contributed by atoms with van der Waals surface area (Å²) in [6.45, 7) is 0.196. The molecule has 1 aromatic carbocycles. The molecular formula is C21H26O7. The maximum atomic E-state index is 12.7. The van der Waals surface area contributed by atoms with Crippen molar-refractivity contribution in [1.29, 1.82) is 0 Å². The van der Waals surface area contributed by atoms with Crippen LogP contribution >= 0.6 is 0 Å². The topological polar surface area (TPSA) is 80.3 Å². The van der Waals surface area contributed by atoms with E-state index < -0.39 is 5.97 Å². The third-order valence-corrected chi connectivity index (χ3v) is 3.89. The van der Waals surface area contributed by atoms with Gasteiger partial charge in [-0.2, -0.15) is 0 Å². The van der Waals surface area contributed by atoms with Crippen LogP contribution in [0.1, 0.15) is 35.2 Å². The Bertz CT molecular complexity index is 722. The summed E-state index contributed by atoms with van der Waals surface area (Å²) < 4.78 is 26.3. The van der Waals surface area contributed by atoms with Crippen molar-refractivity contribution in [2.24, 2.45) is 0 Å². The fourth-order valence-electron chi connectivity index (χ4n) is 2.64. The lowest BCUT2D eigenvalue weighted by Gasteiger charge is -2.16. The van der Waals surface area contributed by atoms with E-state index in [4.69, 9.17) is 23.7 Å². The lowest BCUT2D eigenvalue weighted by atomic mass is 10.00. The second-order valence-corrected chi connectivity index (χ2v) is 6.08. The average Bonchev–Trinajstić information content (AvgIpc) is 2.68. The Morgan fingerprint density at radius 3 is 2.43 bits per heavy atom. The predicted molar refractivity (Wildman–Crippen MR) is 103 cm³/mol. The van der Waals surface area contributed by atoms with Gasteiger partial charge in [0.2, 0.25) is 0 Å². The van der Waals surface area contributed by atoms with Crippen LogP contribution in [0.25, 0.3) is 0 Å². The first-order valence-electron chi connectivity index (χ1n) is 9.07. The van der Waals surface area contributed by atoms with Gasteiger partial charge in [0.15, 0.2) is 19.4 Å². The van der Waals surface area contributed by atoms with Gasteiger partial charge in [-0.15, -0.1) is 0 Å². The number of ketones is 1. The molecule has 152 valence electrons. The monoisotopic (exact) mass is 390 g/mol. The molecule has 0 bridgehead atoms. The highest BCUT2D eigenvalue weighted by Crippen LogP contribution is 2.31. The van der Waals surface area contributed by atoms with Crippen molar-refractivity contribution < 1.29 is 33.3 Å². The van der Waals surface area contributed by atoms with Gasteiger partial charge in [-0.3, -0.25) is 4.79 Å². The summed E-state index contributed by atoms with van der Waals surface area (Å²) in [5.41, 5.74) is 0.663. The lowest BCUT2D eigenvalue weighted by Crippen LogP contribution is -2.15. The molecular weight excluding hydrogens is 364 g/mol. The van der Waals surface area contributed by atoms with Crippen molar-refractivity contribution in [1.82, 2.24) is 0 Å². The standard InChI is InChI=1S/C21H26O7/c1-24-14-27-18-12-16-11-17(22)9-7-5-3-4-6-8-10-26-21(23)20(16)19(13-18)28-15-25-2/h4,6-7,9,12-13H,3,5,8,10-11,14-15H2,1-2H3/b6-4+,9-7+. The van der Waals surface area contributed by atoms with E-state index in [1.807, 2.05) is 18.2 Å². The van der Waals surface area contributed by atoms with Crippen molar-refractivity contribution in [3.8, 4) is 11.5 Å². The highest BCUT2D eigenvalue weighted by Gasteiger charge is 2.22. The highest BCUT2D eigenvalue weighted by atomic mass is 16.7. The number of benzene rings is 1. The number of ether oxygens (including phenoxy) is 5. The molecule has 0 fully saturated rings. The molecule has 1 aliphatic heterocycles. The van der Waals surface area contributed by atoms with Gasteiger partial charge in [0.25, 0.3) is 0 Å². The van der Waals surface area contributed by atoms with E-state index >= 15 is 0 Å². The van der Waals surface area contributed by atoms with Crippen molar-refractivity contribution >= 4 is 11.8 Å². The second kappa shape index (κ2) is 11.9. The van der Waals surface area contributed by atoms with Gasteiger partial charge >= 0.3 is 5.97 Å². The summed E-state index contributed by atoms with van der Waals surface area (Å²) in [5.74, 6) is -0.0338. The summed E-state index contributed by atoms with van der Waals surface area (Å²) in [4.78, 5) is 25.1. The quantitative estimate of drug-likeness (QED) is 0.419. The molecule has 1 heterocycles. The summed E-state index contributed by atoms with van der Waals surface area (Å²) >= 11 is 0. The number of hydrogen-bond donors (Lipinski definition) is 0. The van der Waals surface area contributed by atoms with E-state index in [0.717, 1.165) is 12.8 Å². The molecule has 0 amide bonds. The zero-order valence-electron chi connectivity index (χ0n) is 16.3. The molecule has 2 rings (SSSR count). The third-order valence-electron chi connectivity index (χ3n) is 3.89. The molecule has 1 aromatic rings. The number of carbonyl (C=O) groups excluding carboxylic acids is 2. The van der Waals surface area contributed by atoms with Crippen LogP contribution in [0, 0.1) is 0 Å². The zero-order valence-corrected chi connectivity index (χ0v) is 16.3. The number of allylic oxidation sites excluding steroid dienone is 3. The summed E-state index contributed by atoms with van der Waals surface area (Å²) in [7, 11) is 2.98. The molecule has 0 unspecified atom stereocenters. The Morgan fingerprint density at radius 1 is 0.929 bits per heavy atom. The van der Waals surface area contributed by atoms with Crippen LogP contribution in [-0.4, -0.2) is 46.2 Å². The maximum absolute atomic E-state index is 12.7. The summed E-state index contributed by atoms with van der Waals surface area (Å²) in [6, 6.07) is 3.19. The number of rotatable bonds is 6. The first kappa shape index (κ1) is 21.7. The molecule has 28 heavy (non-hydrogen) atoms. The molecule has 0 saturated heterocycles. The minimum Gasteiger partial charge on any atom is -0.467 e. The Balaban J connectivity index is 2.44. The van der Waals surface area contributed by atoms with E-state index in [-0.39, 0.29) is 43.7 Å². The number of hydrogen-bond acceptors (Lipinski definition) is 7. The van der Waals surface area contributed by atoms with Crippen molar-refractivity contribution in [3.05, 3.63) is 47.6 Å². The number of cyclic esters (lactones) is 1. The summed E-state index contributed by atoms with van der Waals surface area (Å²) in [5, 5.41) is 0. The number of methoxy groups -OCH3 is 2. The van der Waals surface area contributed by atoms with Crippen molar-refractivity contribution in [2.45, 2.75) is 25.7 Å². The van der Waals surface area contributed by atoms with E-state index in [0.29, 0.717) is 17.7 Å². The van der Waals surface area contributed by atoms with Gasteiger partial charge in [0.1, 0.15) is 17.1 Å². The smallest absolute Gasteiger partial charge is 0.342 e. The zero-order chi connectivity index (χ0) is 20.2. The van der Waals surface area contributed by atoms with Crippen LogP contribution in [-0.2, 0) is 25.4 Å². The summed E-state index contributed by atoms with van der Waals surface area (Å²) in [6.07, 6.45) is 9.58. The van der Waals surface area contributed by atoms with Crippen molar-refractivity contribution in [2.75, 3.05) is 34.4 Å². The van der Waals surface area contributed by atoms with Crippen LogP contribution in [0.4, 0.5) is 0 Å². The predicted octanol–water partition coefficient (Wildman–Crippen LogP) is 3.22. The lowest BCUT2D eigenvalue weighted by molar-refractivity contribution is -0.114. The molecule has 0 aromatic heterocycles. The Kier molecular flexibility index (Phi) is 9.24. The maximum Gasteiger partial charge on any atom is 0.342 e. The first-order valence-corrected chi connectivity index (χ1v) is 9.07. The minimum absolute atomic E-state index is 0.0182. The van der Waals surface area contributed by atoms with Crippen LogP contribution in [0.15, 0.2) is 36.4 Å². The van der Waals surface area contributed by atoms with Crippen LogP contribution < -0.4 is 9.47 Å². The largest absolute Gasteiger partial charge is 0.467 e.